The Morgan fingerprint density at radius 1 is 2.00 bits per heavy atom. The van der Waals surface area contributed by atoms with Crippen molar-refractivity contribution in [1.29, 1.82) is 0 Å². The quantitative estimate of drug-likeness (QED) is 0.411. The summed E-state index contributed by atoms with van der Waals surface area (Å²) in [6.45, 7) is 0. The van der Waals surface area contributed by atoms with Crippen LogP contribution < -0.4 is 10.3 Å². The molecule has 0 aromatic carbocycles. The van der Waals surface area contributed by atoms with Crippen LogP contribution >= 0.6 is 11.9 Å². The zero-order chi connectivity index (χ0) is 4.41. The number of carbonyl (C=O) groups is 1. The second-order valence-electron chi connectivity index (χ2n) is 0.900. The summed E-state index contributed by atoms with van der Waals surface area (Å²) in [6, 6.07) is 0. The molecule has 0 unspecified atom stereocenters. The van der Waals surface area contributed by atoms with Gasteiger partial charge in [-0.2, -0.15) is 0 Å². The SMILES string of the molecule is O=C1CS[N]N1. The maximum atomic E-state index is 10.0. The van der Waals surface area contributed by atoms with E-state index >= 15 is 0 Å². The predicted octanol–water partition coefficient (Wildman–Crippen LogP) is -0.716. The Morgan fingerprint density at radius 2 is 2.83 bits per heavy atom. The molecule has 0 atom stereocenters. The molecular formula is C2H3N2OS. The first-order valence-electron chi connectivity index (χ1n) is 1.50. The molecular weight excluding hydrogens is 100 g/mol. The summed E-state index contributed by atoms with van der Waals surface area (Å²) >= 11 is 1.25. The van der Waals surface area contributed by atoms with Gasteiger partial charge in [0.05, 0.1) is 5.75 Å². The predicted molar refractivity (Wildman–Crippen MR) is 22.7 cm³/mol. The van der Waals surface area contributed by atoms with E-state index in [9.17, 15) is 4.79 Å². The van der Waals surface area contributed by atoms with Crippen molar-refractivity contribution in [2.75, 3.05) is 5.75 Å². The van der Waals surface area contributed by atoms with E-state index in [-0.39, 0.29) is 5.91 Å². The van der Waals surface area contributed by atoms with Crippen LogP contribution in [0.2, 0.25) is 0 Å². The highest BCUT2D eigenvalue weighted by Gasteiger charge is 2.07. The first-order valence-corrected chi connectivity index (χ1v) is 2.45. The molecule has 1 aliphatic rings. The average Bonchev–Trinajstić information content (AvgIpc) is 1.86. The van der Waals surface area contributed by atoms with Crippen molar-refractivity contribution in [3.8, 4) is 0 Å². The Kier molecular flexibility index (Phi) is 0.979. The van der Waals surface area contributed by atoms with E-state index < -0.39 is 0 Å². The van der Waals surface area contributed by atoms with Crippen LogP contribution in [0.25, 0.3) is 0 Å². The van der Waals surface area contributed by atoms with Gasteiger partial charge in [0, 0.05) is 0 Å². The first-order chi connectivity index (χ1) is 2.89. The van der Waals surface area contributed by atoms with Crippen LogP contribution in [0.4, 0.5) is 0 Å². The van der Waals surface area contributed by atoms with Crippen molar-refractivity contribution in [3.05, 3.63) is 0 Å². The number of nitrogens with one attached hydrogen (secondary N) is 1. The molecule has 1 radical (unpaired) electrons. The van der Waals surface area contributed by atoms with Crippen molar-refractivity contribution in [1.82, 2.24) is 10.3 Å². The number of amides is 1. The fourth-order valence-corrected chi connectivity index (χ4v) is 0.619. The van der Waals surface area contributed by atoms with Gasteiger partial charge in [-0.15, -0.1) is 0 Å². The highest BCUT2D eigenvalue weighted by atomic mass is 32.2. The molecule has 33 valence electrons. The molecule has 0 bridgehead atoms. The van der Waals surface area contributed by atoms with Gasteiger partial charge in [0.25, 0.3) is 0 Å². The van der Waals surface area contributed by atoms with Gasteiger partial charge in [-0.1, -0.05) is 4.83 Å². The molecule has 0 aromatic rings. The summed E-state index contributed by atoms with van der Waals surface area (Å²) in [5.74, 6) is 0.486. The van der Waals surface area contributed by atoms with Gasteiger partial charge in [-0.05, 0) is 11.9 Å². The molecule has 1 aliphatic heterocycles. The van der Waals surface area contributed by atoms with Crippen LogP contribution in [0, 0.1) is 0 Å². The summed E-state index contributed by atoms with van der Waals surface area (Å²) in [5.41, 5.74) is 2.27. The summed E-state index contributed by atoms with van der Waals surface area (Å²) in [5, 5.41) is 0. The number of rotatable bonds is 0. The fourth-order valence-electron chi connectivity index (χ4n) is 0.206. The van der Waals surface area contributed by atoms with Crippen LogP contribution in [0.15, 0.2) is 0 Å². The van der Waals surface area contributed by atoms with Crippen LogP contribution in [0.3, 0.4) is 0 Å². The van der Waals surface area contributed by atoms with Crippen molar-refractivity contribution < 1.29 is 4.79 Å². The van der Waals surface area contributed by atoms with Crippen molar-refractivity contribution >= 4 is 17.9 Å². The monoisotopic (exact) mass is 103 g/mol. The number of hydrogen-bond acceptors (Lipinski definition) is 2. The smallest absolute Gasteiger partial charge is 0.247 e. The Labute approximate surface area is 39.6 Å². The first kappa shape index (κ1) is 3.95. The summed E-state index contributed by atoms with van der Waals surface area (Å²) < 4.78 is 0. The third kappa shape index (κ3) is 0.636. The van der Waals surface area contributed by atoms with Gasteiger partial charge in [-0.25, -0.2) is 0 Å². The Morgan fingerprint density at radius 3 is 3.00 bits per heavy atom. The minimum Gasteiger partial charge on any atom is -0.273 e. The molecule has 1 saturated heterocycles. The van der Waals surface area contributed by atoms with Crippen LogP contribution in [0.5, 0.6) is 0 Å². The Bertz CT molecular complexity index is 65.9. The minimum absolute atomic E-state index is 0.000000000000000222. The van der Waals surface area contributed by atoms with E-state index in [0.717, 1.165) is 0 Å². The molecule has 4 heteroatoms. The lowest BCUT2D eigenvalue weighted by Gasteiger charge is -1.76. The van der Waals surface area contributed by atoms with E-state index in [4.69, 9.17) is 0 Å². The van der Waals surface area contributed by atoms with Crippen molar-refractivity contribution in [3.63, 3.8) is 0 Å². The van der Waals surface area contributed by atoms with Crippen LogP contribution in [0.1, 0.15) is 0 Å². The molecule has 1 N–H and O–H groups in total. The lowest BCUT2D eigenvalue weighted by Crippen LogP contribution is -2.18. The highest BCUT2D eigenvalue weighted by molar-refractivity contribution is 7.98. The van der Waals surface area contributed by atoms with Gasteiger partial charge in [0.1, 0.15) is 0 Å². The molecule has 0 aromatic heterocycles. The average molecular weight is 103 g/mol. The standard InChI is InChI=1S/C2H3N2OS/c5-2-1-6-4-3-2/h1H2,(H,3,5). The minimum atomic E-state index is 0.000000000000000222. The molecule has 1 rings (SSSR count). The van der Waals surface area contributed by atoms with Crippen LogP contribution in [-0.4, -0.2) is 11.7 Å². The van der Waals surface area contributed by atoms with Gasteiger partial charge in [-0.3, -0.25) is 10.2 Å². The second-order valence-corrected chi connectivity index (χ2v) is 1.63. The zero-order valence-electron chi connectivity index (χ0n) is 2.97. The van der Waals surface area contributed by atoms with Crippen molar-refractivity contribution in [2.45, 2.75) is 0 Å². The molecule has 1 fully saturated rings. The summed E-state index contributed by atoms with van der Waals surface area (Å²) in [4.78, 5) is 13.5. The largest absolute Gasteiger partial charge is 0.273 e. The molecule has 0 saturated carbocycles. The molecule has 0 spiro atoms. The topological polar surface area (TPSA) is 43.2 Å². The summed E-state index contributed by atoms with van der Waals surface area (Å²) in [7, 11) is 0. The lowest BCUT2D eigenvalue weighted by atomic mass is 10.8. The Balaban J connectivity index is 2.37. The summed E-state index contributed by atoms with van der Waals surface area (Å²) in [6.07, 6.45) is 0. The third-order valence-corrected chi connectivity index (χ3v) is 1.04. The molecule has 1 amide bonds. The number of hydrogen-bond donors (Lipinski definition) is 1. The van der Waals surface area contributed by atoms with E-state index in [0.29, 0.717) is 5.75 Å². The van der Waals surface area contributed by atoms with Crippen LogP contribution in [-0.2, 0) is 4.79 Å². The number of carbonyl (C=O) groups excluding carboxylic acids is 1. The van der Waals surface area contributed by atoms with Gasteiger partial charge in [0.15, 0.2) is 0 Å². The fraction of sp³-hybridized carbons (Fsp3) is 0.500. The second kappa shape index (κ2) is 1.49. The van der Waals surface area contributed by atoms with Gasteiger partial charge < -0.3 is 0 Å². The molecule has 3 nitrogen and oxygen atoms in total. The van der Waals surface area contributed by atoms with Gasteiger partial charge in [0.2, 0.25) is 5.91 Å². The van der Waals surface area contributed by atoms with Crippen molar-refractivity contribution in [2.24, 2.45) is 0 Å². The lowest BCUT2D eigenvalue weighted by molar-refractivity contribution is -0.118. The van der Waals surface area contributed by atoms with E-state index in [1.807, 2.05) is 0 Å². The van der Waals surface area contributed by atoms with E-state index in [1.54, 1.807) is 0 Å². The van der Waals surface area contributed by atoms with E-state index in [1.165, 1.54) is 11.9 Å². The molecule has 1 heterocycles. The number of nitrogens with zero attached hydrogens (tertiary/aromatic N) is 1. The normalized spacial score (nSPS) is 21.0. The highest BCUT2D eigenvalue weighted by Crippen LogP contribution is 1.97. The third-order valence-electron chi connectivity index (χ3n) is 0.431. The zero-order valence-corrected chi connectivity index (χ0v) is 3.79. The Hall–Kier alpha value is -0.220. The maximum absolute atomic E-state index is 10.0. The van der Waals surface area contributed by atoms with E-state index in [2.05, 4.69) is 10.3 Å². The van der Waals surface area contributed by atoms with Gasteiger partial charge >= 0.3 is 0 Å². The molecule has 6 heavy (non-hydrogen) atoms. The maximum Gasteiger partial charge on any atom is 0.247 e. The molecule has 0 aliphatic carbocycles.